The molecule has 6 atom stereocenters. The van der Waals surface area contributed by atoms with E-state index in [1.54, 1.807) is 15.8 Å². The van der Waals surface area contributed by atoms with E-state index < -0.39 is 87.5 Å². The minimum atomic E-state index is -4.91. The van der Waals surface area contributed by atoms with Gasteiger partial charge in [0.1, 0.15) is 41.7 Å². The number of hydrogen-bond acceptors (Lipinski definition) is 23. The fraction of sp³-hybridized carbons (Fsp3) is 0.667. The van der Waals surface area contributed by atoms with E-state index in [2.05, 4.69) is 35.4 Å². The first-order valence-corrected chi connectivity index (χ1v) is 29.2. The molecule has 2 aliphatic heterocycles. The summed E-state index contributed by atoms with van der Waals surface area (Å²) in [6.45, 7) is 4.78. The summed E-state index contributed by atoms with van der Waals surface area (Å²) >= 11 is 6.37. The Hall–Kier alpha value is -4.41. The number of nitrogens with one attached hydrogen (secondary N) is 1. The van der Waals surface area contributed by atoms with E-state index in [9.17, 15) is 47.0 Å². The minimum absolute atomic E-state index is 0.0668. The Bertz CT molecular complexity index is 2640. The summed E-state index contributed by atoms with van der Waals surface area (Å²) in [5.41, 5.74) is 0.733. The number of aromatic nitrogens is 7. The van der Waals surface area contributed by atoms with Gasteiger partial charge in [-0.2, -0.15) is 15.1 Å². The Kier molecular flexibility index (Phi) is 26.7. The number of rotatable bonds is 38. The fourth-order valence-corrected chi connectivity index (χ4v) is 10.6. The summed E-state index contributed by atoms with van der Waals surface area (Å²) in [5, 5.41) is 37.0. The molecule has 6 N–H and O–H groups in total. The molecular weight excluding hydrogens is 1140 g/mol. The van der Waals surface area contributed by atoms with Crippen LogP contribution >= 0.6 is 26.8 Å². The number of fused-ring (bicyclic) bond motifs is 1. The summed E-state index contributed by atoms with van der Waals surface area (Å²) in [5.74, 6) is -7.09. The van der Waals surface area contributed by atoms with Crippen molar-refractivity contribution in [3.63, 3.8) is 0 Å². The molecule has 3 aromatic heterocycles. The highest BCUT2D eigenvalue weighted by Crippen LogP contribution is 2.55. The number of hydrogen-bond donors (Lipinski definition) is 6. The molecule has 6 rings (SSSR count). The predicted molar refractivity (Wildman–Crippen MR) is 269 cm³/mol. The lowest BCUT2D eigenvalue weighted by atomic mass is 10.0. The van der Waals surface area contributed by atoms with Crippen LogP contribution in [0.4, 0.5) is 19.0 Å². The first kappa shape index (κ1) is 64.8. The third kappa shape index (κ3) is 21.4. The molecule has 0 aliphatic carbocycles. The summed E-state index contributed by atoms with van der Waals surface area (Å²) < 4.78 is 125. The van der Waals surface area contributed by atoms with Crippen molar-refractivity contribution in [1.29, 1.82) is 0 Å². The average Bonchev–Trinajstić information content (AvgIpc) is 4.19. The number of piperidine rings is 1. The highest BCUT2D eigenvalue weighted by Gasteiger charge is 2.46. The molecule has 1 unspecified atom stereocenters. The molecule has 0 spiro atoms. The van der Waals surface area contributed by atoms with Crippen LogP contribution in [-0.4, -0.2) is 221 Å². The minimum Gasteiger partial charge on any atom is -0.420 e. The number of carbonyl (C=O) groups excluding carboxylic acids is 2. The number of benzene rings is 1. The lowest BCUT2D eigenvalue weighted by molar-refractivity contribution is -0.136. The second kappa shape index (κ2) is 33.0. The van der Waals surface area contributed by atoms with Gasteiger partial charge in [-0.3, -0.25) is 18.7 Å². The molecule has 1 aromatic carbocycles. The number of aliphatic hydroxyl groups is 2. The number of halogens is 4. The quantitative estimate of drug-likeness (QED) is 0.0121. The van der Waals surface area contributed by atoms with Crippen LogP contribution < -0.4 is 15.0 Å². The maximum absolute atomic E-state index is 13.6. The van der Waals surface area contributed by atoms with Crippen LogP contribution in [0.25, 0.3) is 11.0 Å². The SMILES string of the molecule is O=C(CCOCCOCCOCCOCCn1cc(COCCOCCOCCOCCNC(=O)[C@H]2CCCCN2c2nc(Cl)nc3c2cnn3[C@@H]2O[C@H](COP(=O)(O)CP(=O)(O)O)[C@@H](O)[C@H]2O)nn1)Oc1c(F)cc(F)cc1F. The van der Waals surface area contributed by atoms with Gasteiger partial charge in [0.2, 0.25) is 16.9 Å². The molecule has 35 heteroatoms. The van der Waals surface area contributed by atoms with Crippen LogP contribution in [0.3, 0.4) is 0 Å². The zero-order valence-electron chi connectivity index (χ0n) is 43.2. The molecule has 2 fully saturated rings. The lowest BCUT2D eigenvalue weighted by Gasteiger charge is -2.35. The molecule has 0 bridgehead atoms. The van der Waals surface area contributed by atoms with E-state index in [0.717, 1.165) is 17.5 Å². The van der Waals surface area contributed by atoms with Gasteiger partial charge in [-0.1, -0.05) is 5.21 Å². The molecule has 29 nitrogen and oxygen atoms in total. The van der Waals surface area contributed by atoms with Crippen molar-refractivity contribution < 1.29 is 109 Å². The van der Waals surface area contributed by atoms with Crippen molar-refractivity contribution in [1.82, 2.24) is 40.1 Å². The first-order valence-electron chi connectivity index (χ1n) is 25.2. The van der Waals surface area contributed by atoms with E-state index in [0.29, 0.717) is 115 Å². The Labute approximate surface area is 460 Å². The highest BCUT2D eigenvalue weighted by molar-refractivity contribution is 7.70. The topological polar surface area (TPSA) is 361 Å². The van der Waals surface area contributed by atoms with Gasteiger partial charge in [0, 0.05) is 25.2 Å². The van der Waals surface area contributed by atoms with E-state index in [1.165, 1.54) is 6.20 Å². The molecule has 1 amide bonds. The number of aliphatic hydroxyl groups excluding tert-OH is 2. The third-order valence-electron chi connectivity index (χ3n) is 11.6. The van der Waals surface area contributed by atoms with Gasteiger partial charge < -0.3 is 87.0 Å². The van der Waals surface area contributed by atoms with Gasteiger partial charge in [0.25, 0.3) is 0 Å². The summed E-state index contributed by atoms with van der Waals surface area (Å²) in [7, 11) is -9.70. The van der Waals surface area contributed by atoms with Crippen LogP contribution in [0.1, 0.15) is 37.6 Å². The molecule has 2 aliphatic rings. The zero-order chi connectivity index (χ0) is 57.5. The molecule has 5 heterocycles. The van der Waals surface area contributed by atoms with Gasteiger partial charge in [-0.25, -0.2) is 22.5 Å². The van der Waals surface area contributed by atoms with E-state index in [-0.39, 0.29) is 69.4 Å². The van der Waals surface area contributed by atoms with Crippen LogP contribution in [0.2, 0.25) is 5.28 Å². The van der Waals surface area contributed by atoms with Gasteiger partial charge in [0.15, 0.2) is 29.4 Å². The van der Waals surface area contributed by atoms with Crippen LogP contribution in [-0.2, 0) is 79.0 Å². The fourth-order valence-electron chi connectivity index (χ4n) is 7.86. The Morgan fingerprint density at radius 2 is 1.39 bits per heavy atom. The van der Waals surface area contributed by atoms with Crippen LogP contribution in [0, 0.1) is 17.5 Å². The van der Waals surface area contributed by atoms with E-state index in [1.807, 2.05) is 0 Å². The smallest absolute Gasteiger partial charge is 0.340 e. The van der Waals surface area contributed by atoms with Gasteiger partial charge >= 0.3 is 21.2 Å². The Morgan fingerprint density at radius 3 is 2.02 bits per heavy atom. The Morgan fingerprint density at radius 1 is 0.787 bits per heavy atom. The molecular formula is C45H65ClF3N9O20P2. The van der Waals surface area contributed by atoms with E-state index in [4.69, 9.17) is 68.5 Å². The lowest BCUT2D eigenvalue weighted by Crippen LogP contribution is -2.50. The third-order valence-corrected chi connectivity index (χ3v) is 15.2. The normalized spacial score (nSPS) is 19.5. The summed E-state index contributed by atoms with van der Waals surface area (Å²) in [4.78, 5) is 63.7. The monoisotopic (exact) mass is 1210 g/mol. The maximum atomic E-state index is 13.6. The first-order chi connectivity index (χ1) is 38.4. The Balaban J connectivity index is 0.735. The van der Waals surface area contributed by atoms with Crippen molar-refractivity contribution in [2.45, 2.75) is 69.4 Å². The van der Waals surface area contributed by atoms with Crippen LogP contribution in [0.15, 0.2) is 24.5 Å². The molecule has 80 heavy (non-hydrogen) atoms. The second-order valence-corrected chi connectivity index (χ2v) is 22.0. The molecule has 2 saturated heterocycles. The largest absolute Gasteiger partial charge is 0.420 e. The standard InChI is InChI=1S/C45H65ClF3N9O20P2/c46-45-52-41(32-25-51-58(42(32)53-45)44-39(61)38(60)36(77-44)28-76-80(66,67)29-79(63,64)65)57-6-2-1-3-35(57)43(62)50-5-9-69-12-15-72-19-20-74-21-22-75-27-31-26-56(55-54-31)7-10-70-13-16-73-18-17-71-14-11-68-8-4-37(59)78-40-33(48)23-30(47)24-34(40)49/h23-26,35-36,38-39,44,60-61H,1-22,27-29H2,(H,50,62)(H,66,67)(H2,63,64,65)/t35-,36-,38-,39-,44-/m1/s1. The predicted octanol–water partition coefficient (Wildman–Crippen LogP) is 1.25. The summed E-state index contributed by atoms with van der Waals surface area (Å²) in [6.07, 6.45) is -1.22. The highest BCUT2D eigenvalue weighted by atomic mass is 35.5. The van der Waals surface area contributed by atoms with Crippen molar-refractivity contribution in [3.8, 4) is 5.75 Å². The van der Waals surface area contributed by atoms with Gasteiger partial charge in [0.05, 0.1) is 143 Å². The van der Waals surface area contributed by atoms with Crippen molar-refractivity contribution >= 4 is 55.5 Å². The van der Waals surface area contributed by atoms with E-state index >= 15 is 0 Å². The number of amides is 1. The summed E-state index contributed by atoms with van der Waals surface area (Å²) in [6, 6.07) is 0.182. The van der Waals surface area contributed by atoms with Gasteiger partial charge in [-0.15, -0.1) is 5.10 Å². The molecule has 0 saturated carbocycles. The molecule has 4 aromatic rings. The van der Waals surface area contributed by atoms with Crippen molar-refractivity contribution in [2.24, 2.45) is 0 Å². The number of anilines is 1. The average molecular weight is 1210 g/mol. The van der Waals surface area contributed by atoms with Crippen molar-refractivity contribution in [2.75, 3.05) is 130 Å². The second-order valence-electron chi connectivity index (χ2n) is 17.7. The number of nitrogens with zero attached hydrogens (tertiary/aromatic N) is 8. The zero-order valence-corrected chi connectivity index (χ0v) is 45.8. The van der Waals surface area contributed by atoms with Crippen LogP contribution in [0.5, 0.6) is 5.75 Å². The van der Waals surface area contributed by atoms with Crippen molar-refractivity contribution in [3.05, 3.63) is 53.0 Å². The molecule has 0 radical (unpaired) electrons. The number of ether oxygens (including phenoxy) is 10. The van der Waals surface area contributed by atoms with Gasteiger partial charge in [-0.05, 0) is 30.9 Å². The number of esters is 1. The maximum Gasteiger partial charge on any atom is 0.340 e. The number of carbonyl (C=O) groups is 2. The molecule has 448 valence electrons.